The number of pyridine rings is 2. The van der Waals surface area contributed by atoms with E-state index in [1.165, 1.54) is 4.68 Å². The molecule has 1 saturated heterocycles. The third kappa shape index (κ3) is 6.12. The average Bonchev–Trinajstić information content (AvgIpc) is 3.51. The molecule has 43 heavy (non-hydrogen) atoms. The van der Waals surface area contributed by atoms with Gasteiger partial charge in [-0.2, -0.15) is 13.2 Å². The fourth-order valence-electron chi connectivity index (χ4n) is 5.72. The smallest absolute Gasteiger partial charge is 0.394 e. The molecular weight excluding hydrogens is 581 g/mol. The zero-order valence-corrected chi connectivity index (χ0v) is 25.1. The van der Waals surface area contributed by atoms with E-state index < -0.39 is 11.6 Å². The molecule has 2 fully saturated rings. The van der Waals surface area contributed by atoms with Crippen molar-refractivity contribution in [2.45, 2.75) is 69.2 Å². The molecular formula is C29H35F3N8O2S. The van der Waals surface area contributed by atoms with Gasteiger partial charge < -0.3 is 20.3 Å². The van der Waals surface area contributed by atoms with Crippen molar-refractivity contribution < 1.29 is 22.7 Å². The largest absolute Gasteiger partial charge is 0.477 e. The molecule has 3 aromatic heterocycles. The molecule has 3 aliphatic rings. The Balaban J connectivity index is 1.26. The maximum atomic E-state index is 13.6. The normalized spacial score (nSPS) is 21.2. The summed E-state index contributed by atoms with van der Waals surface area (Å²) in [6, 6.07) is 9.10. The number of halogens is 3. The van der Waals surface area contributed by atoms with Crippen LogP contribution in [0.15, 0.2) is 41.6 Å². The topological polar surface area (TPSA) is 109 Å². The molecule has 3 aromatic rings. The van der Waals surface area contributed by atoms with E-state index in [9.17, 15) is 18.0 Å². The molecule has 0 radical (unpaired) electrons. The number of amides is 1. The highest BCUT2D eigenvalue weighted by Crippen LogP contribution is 2.59. The predicted octanol–water partition coefficient (Wildman–Crippen LogP) is 4.89. The summed E-state index contributed by atoms with van der Waals surface area (Å²) >= 11 is 1.16. The van der Waals surface area contributed by atoms with Crippen LogP contribution in [0.2, 0.25) is 0 Å². The van der Waals surface area contributed by atoms with E-state index in [-0.39, 0.29) is 49.2 Å². The molecule has 4 bridgehead atoms. The van der Waals surface area contributed by atoms with Crippen LogP contribution in [0, 0.1) is 12.3 Å². The van der Waals surface area contributed by atoms with Gasteiger partial charge in [-0.05, 0) is 70.2 Å². The summed E-state index contributed by atoms with van der Waals surface area (Å²) < 4.78 is 49.8. The minimum atomic E-state index is -4.22. The Labute approximate surface area is 252 Å². The van der Waals surface area contributed by atoms with Crippen molar-refractivity contribution in [3.05, 3.63) is 47.7 Å². The first-order valence-electron chi connectivity index (χ1n) is 14.4. The summed E-state index contributed by atoms with van der Waals surface area (Å²) in [5.41, 5.74) is -0.564. The van der Waals surface area contributed by atoms with E-state index in [1.54, 1.807) is 24.4 Å². The zero-order chi connectivity index (χ0) is 30.4. The SMILES string of the molecule is Cc1ccc2nc1SNC(=O)c1ccc(-n3ccc(OCCC4(C(F)(F)F)CC4)n3)nc1N1CC(CC1(C)C)NCCN2. The first-order valence-corrected chi connectivity index (χ1v) is 15.2. The third-order valence-electron chi connectivity index (χ3n) is 8.48. The van der Waals surface area contributed by atoms with E-state index in [0.29, 0.717) is 35.3 Å². The highest BCUT2D eigenvalue weighted by molar-refractivity contribution is 7.98. The molecule has 2 aliphatic heterocycles. The van der Waals surface area contributed by atoms with Crippen molar-refractivity contribution >= 4 is 29.5 Å². The molecule has 1 aliphatic carbocycles. The van der Waals surface area contributed by atoms with Crippen LogP contribution in [0.5, 0.6) is 5.88 Å². The van der Waals surface area contributed by atoms with E-state index in [0.717, 1.165) is 36.3 Å². The molecule has 6 rings (SSSR count). The van der Waals surface area contributed by atoms with Crippen molar-refractivity contribution in [3.63, 3.8) is 0 Å². The Morgan fingerprint density at radius 1 is 1.12 bits per heavy atom. The van der Waals surface area contributed by atoms with Crippen LogP contribution in [0.25, 0.3) is 5.82 Å². The number of nitrogens with one attached hydrogen (secondary N) is 3. The van der Waals surface area contributed by atoms with Gasteiger partial charge in [0, 0.05) is 55.4 Å². The van der Waals surface area contributed by atoms with Gasteiger partial charge in [0.05, 0.1) is 17.6 Å². The number of hydrogen-bond donors (Lipinski definition) is 3. The zero-order valence-electron chi connectivity index (χ0n) is 24.3. The van der Waals surface area contributed by atoms with Gasteiger partial charge in [0.25, 0.3) is 5.91 Å². The molecule has 10 nitrogen and oxygen atoms in total. The van der Waals surface area contributed by atoms with Crippen molar-refractivity contribution in [2.75, 3.05) is 36.5 Å². The molecule has 3 N–H and O–H groups in total. The predicted molar refractivity (Wildman–Crippen MR) is 158 cm³/mol. The average molecular weight is 617 g/mol. The number of carbonyl (C=O) groups is 1. The Kier molecular flexibility index (Phi) is 7.69. The van der Waals surface area contributed by atoms with Crippen molar-refractivity contribution in [2.24, 2.45) is 5.41 Å². The summed E-state index contributed by atoms with van der Waals surface area (Å²) in [4.78, 5) is 25.3. The maximum absolute atomic E-state index is 13.6. The van der Waals surface area contributed by atoms with Crippen molar-refractivity contribution in [1.29, 1.82) is 0 Å². The summed E-state index contributed by atoms with van der Waals surface area (Å²) in [5.74, 6) is 1.64. The number of ether oxygens (including phenoxy) is 1. The molecule has 0 aromatic carbocycles. The number of fused-ring (bicyclic) bond motifs is 6. The number of nitrogens with zero attached hydrogens (tertiary/aromatic N) is 5. The van der Waals surface area contributed by atoms with Gasteiger partial charge in [-0.25, -0.2) is 14.6 Å². The maximum Gasteiger partial charge on any atom is 0.394 e. The number of aryl methyl sites for hydroxylation is 1. The molecule has 0 spiro atoms. The van der Waals surface area contributed by atoms with Crippen LogP contribution in [0.1, 0.15) is 55.5 Å². The van der Waals surface area contributed by atoms with Crippen molar-refractivity contribution in [1.82, 2.24) is 29.8 Å². The van der Waals surface area contributed by atoms with E-state index >= 15 is 0 Å². The molecule has 1 saturated carbocycles. The number of aromatic nitrogens is 4. The number of anilines is 2. The molecule has 14 heteroatoms. The fourth-order valence-corrected chi connectivity index (χ4v) is 6.39. The van der Waals surface area contributed by atoms with Gasteiger partial charge in [-0.15, -0.1) is 5.10 Å². The molecule has 5 heterocycles. The Morgan fingerprint density at radius 3 is 2.70 bits per heavy atom. The van der Waals surface area contributed by atoms with E-state index in [1.807, 2.05) is 19.1 Å². The number of carbonyl (C=O) groups excluding carboxylic acids is 1. The van der Waals surface area contributed by atoms with E-state index in [4.69, 9.17) is 9.72 Å². The lowest BCUT2D eigenvalue weighted by atomic mass is 10.00. The lowest BCUT2D eigenvalue weighted by Crippen LogP contribution is -2.40. The van der Waals surface area contributed by atoms with Crippen LogP contribution in [-0.2, 0) is 0 Å². The van der Waals surface area contributed by atoms with Gasteiger partial charge in [0.2, 0.25) is 5.88 Å². The minimum absolute atomic E-state index is 0.0743. The molecule has 1 unspecified atom stereocenters. The quantitative estimate of drug-likeness (QED) is 0.345. The monoisotopic (exact) mass is 616 g/mol. The number of rotatable bonds is 5. The lowest BCUT2D eigenvalue weighted by molar-refractivity contribution is -0.190. The van der Waals surface area contributed by atoms with Crippen LogP contribution in [0.3, 0.4) is 0 Å². The van der Waals surface area contributed by atoms with Crippen LogP contribution in [0.4, 0.5) is 24.8 Å². The Morgan fingerprint density at radius 2 is 1.93 bits per heavy atom. The Hall–Kier alpha value is -3.52. The lowest BCUT2D eigenvalue weighted by Gasteiger charge is -2.33. The van der Waals surface area contributed by atoms with Gasteiger partial charge in [-0.1, -0.05) is 6.07 Å². The molecule has 1 atom stereocenters. The first kappa shape index (κ1) is 29.5. The highest BCUT2D eigenvalue weighted by atomic mass is 32.2. The first-order chi connectivity index (χ1) is 20.4. The van der Waals surface area contributed by atoms with Crippen LogP contribution < -0.4 is 25.0 Å². The van der Waals surface area contributed by atoms with Gasteiger partial charge >= 0.3 is 6.18 Å². The summed E-state index contributed by atoms with van der Waals surface area (Å²) in [6.45, 7) is 8.22. The second-order valence-electron chi connectivity index (χ2n) is 12.1. The number of hydrogen-bond acceptors (Lipinski definition) is 9. The third-order valence-corrected chi connectivity index (χ3v) is 9.37. The summed E-state index contributed by atoms with van der Waals surface area (Å²) in [5, 5.41) is 12.1. The fraction of sp³-hybridized carbons (Fsp3) is 0.517. The minimum Gasteiger partial charge on any atom is -0.477 e. The van der Waals surface area contributed by atoms with Gasteiger partial charge in [0.15, 0.2) is 5.82 Å². The number of alkyl halides is 3. The molecule has 230 valence electrons. The summed E-state index contributed by atoms with van der Waals surface area (Å²) in [6.07, 6.45) is -1.53. The standard InChI is InChI=1S/C29H35F3N8O2S/c1-18-4-6-21-34-13-12-33-19-16-27(2,3)39(17-19)24-20(25(41)38-43-26(18)35-21)5-7-22(36-24)40-14-8-23(37-40)42-15-11-28(9-10-28)29(30,31)32/h4-8,14,19,33H,9-13,15-17H2,1-3H3,(H,34,35)(H,38,41). The van der Waals surface area contributed by atoms with E-state index in [2.05, 4.69) is 44.2 Å². The summed E-state index contributed by atoms with van der Waals surface area (Å²) in [7, 11) is 0. The van der Waals surface area contributed by atoms with Crippen LogP contribution in [-0.4, -0.2) is 69.7 Å². The van der Waals surface area contributed by atoms with Gasteiger partial charge in [-0.3, -0.25) is 9.52 Å². The highest BCUT2D eigenvalue weighted by Gasteiger charge is 2.62. The van der Waals surface area contributed by atoms with Crippen molar-refractivity contribution in [3.8, 4) is 11.7 Å². The molecule has 1 amide bonds. The second-order valence-corrected chi connectivity index (χ2v) is 12.9. The second kappa shape index (κ2) is 11.2. The Bertz CT molecular complexity index is 1510. The van der Waals surface area contributed by atoms with Gasteiger partial charge in [0.1, 0.15) is 16.7 Å². The van der Waals surface area contributed by atoms with Crippen LogP contribution >= 0.6 is 11.9 Å².